The first-order chi connectivity index (χ1) is 10.8. The van der Waals surface area contributed by atoms with Crippen LogP contribution in [-0.4, -0.2) is 20.8 Å². The molecule has 0 aliphatic carbocycles. The van der Waals surface area contributed by atoms with Crippen molar-refractivity contribution < 1.29 is 13.2 Å². The van der Waals surface area contributed by atoms with Gasteiger partial charge in [-0.1, -0.05) is 53.5 Å². The Kier molecular flexibility index (Phi) is 7.59. The van der Waals surface area contributed by atoms with Gasteiger partial charge in [-0.25, -0.2) is 8.42 Å². The van der Waals surface area contributed by atoms with Crippen LogP contribution < -0.4 is 4.74 Å². The van der Waals surface area contributed by atoms with E-state index in [1.165, 1.54) is 0 Å². The maximum Gasteiger partial charge on any atom is 0.182 e. The third-order valence-electron chi connectivity index (χ3n) is 4.10. The topological polar surface area (TPSA) is 43.4 Å². The van der Waals surface area contributed by atoms with Crippen LogP contribution in [0.2, 0.25) is 0 Å². The van der Waals surface area contributed by atoms with Crippen molar-refractivity contribution in [3.05, 3.63) is 30.7 Å². The normalized spacial score (nSPS) is 12.4. The van der Waals surface area contributed by atoms with Crippen LogP contribution in [0.25, 0.3) is 0 Å². The van der Waals surface area contributed by atoms with Crippen molar-refractivity contribution in [3.8, 4) is 5.75 Å². The quantitative estimate of drug-likeness (QED) is 0.567. The third-order valence-corrected chi connectivity index (χ3v) is 5.92. The fraction of sp³-hybridized carbons (Fsp3) is 0.632. The highest BCUT2D eigenvalue weighted by Gasteiger charge is 2.25. The zero-order valence-electron chi connectivity index (χ0n) is 15.0. The van der Waals surface area contributed by atoms with Gasteiger partial charge in [0.05, 0.1) is 12.4 Å². The Morgan fingerprint density at radius 3 is 2.43 bits per heavy atom. The van der Waals surface area contributed by atoms with Crippen LogP contribution >= 0.6 is 0 Å². The molecule has 0 aliphatic heterocycles. The average Bonchev–Trinajstić information content (AvgIpc) is 2.47. The summed E-state index contributed by atoms with van der Waals surface area (Å²) in [5.74, 6) is 0.525. The second kappa shape index (κ2) is 8.72. The highest BCUT2D eigenvalue weighted by molar-refractivity contribution is 7.91. The summed E-state index contributed by atoms with van der Waals surface area (Å²) < 4.78 is 30.9. The average molecular weight is 340 g/mol. The van der Waals surface area contributed by atoms with Gasteiger partial charge in [-0.2, -0.15) is 0 Å². The molecule has 1 aromatic carbocycles. The fourth-order valence-electron chi connectivity index (χ4n) is 2.69. The van der Waals surface area contributed by atoms with Crippen LogP contribution in [0.1, 0.15) is 65.4 Å². The van der Waals surface area contributed by atoms with Crippen LogP contribution in [0.4, 0.5) is 0 Å². The van der Waals surface area contributed by atoms with Crippen molar-refractivity contribution in [1.82, 2.24) is 0 Å². The maximum absolute atomic E-state index is 12.6. The lowest BCUT2D eigenvalue weighted by Gasteiger charge is -2.26. The van der Waals surface area contributed by atoms with E-state index in [4.69, 9.17) is 4.74 Å². The predicted molar refractivity (Wildman–Crippen MR) is 96.8 cm³/mol. The Bertz CT molecular complexity index is 589. The van der Waals surface area contributed by atoms with E-state index in [1.807, 2.05) is 18.2 Å². The molecule has 131 valence electrons. The summed E-state index contributed by atoms with van der Waals surface area (Å²) in [6.07, 6.45) is 4.36. The van der Waals surface area contributed by atoms with Crippen molar-refractivity contribution >= 4 is 9.84 Å². The van der Waals surface area contributed by atoms with Crippen LogP contribution in [0.5, 0.6) is 5.75 Å². The van der Waals surface area contributed by atoms with Gasteiger partial charge in [-0.05, 0) is 42.4 Å². The number of ether oxygens (including phenoxy) is 1. The molecule has 1 aromatic rings. The smallest absolute Gasteiger partial charge is 0.182 e. The molecule has 3 nitrogen and oxygen atoms in total. The SMILES string of the molecule is [CH2]CCS(=O)(=O)c1cc(C(C)(C)CCC)ccc1OCCCC. The summed E-state index contributed by atoms with van der Waals surface area (Å²) >= 11 is 0. The van der Waals surface area contributed by atoms with Gasteiger partial charge in [0.1, 0.15) is 10.6 Å². The lowest BCUT2D eigenvalue weighted by molar-refractivity contribution is 0.301. The minimum absolute atomic E-state index is 0.0502. The molecule has 1 radical (unpaired) electrons. The van der Waals surface area contributed by atoms with E-state index in [9.17, 15) is 8.42 Å². The van der Waals surface area contributed by atoms with Crippen molar-refractivity contribution in [1.29, 1.82) is 0 Å². The van der Waals surface area contributed by atoms with Gasteiger partial charge in [0.2, 0.25) is 0 Å². The Morgan fingerprint density at radius 1 is 1.17 bits per heavy atom. The second-order valence-electron chi connectivity index (χ2n) is 6.67. The van der Waals surface area contributed by atoms with Crippen LogP contribution in [0, 0.1) is 6.92 Å². The lowest BCUT2D eigenvalue weighted by atomic mass is 9.81. The molecule has 0 atom stereocenters. The first-order valence-electron chi connectivity index (χ1n) is 8.57. The first-order valence-corrected chi connectivity index (χ1v) is 10.2. The van der Waals surface area contributed by atoms with Crippen molar-refractivity contribution in [3.63, 3.8) is 0 Å². The molecule has 0 saturated heterocycles. The first kappa shape index (κ1) is 20.0. The molecule has 1 rings (SSSR count). The fourth-order valence-corrected chi connectivity index (χ4v) is 4.03. The molecule has 0 bridgehead atoms. The third kappa shape index (κ3) is 5.52. The standard InChI is InChI=1S/C19H31O3S/c1-6-9-13-22-17-11-10-16(19(4,5)12-7-2)15-18(17)23(20,21)14-8-3/h10-11,15H,3,6-9,12-14H2,1-2,4-5H3. The molecule has 0 heterocycles. The molecular formula is C19H31O3S. The highest BCUT2D eigenvalue weighted by Crippen LogP contribution is 2.34. The van der Waals surface area contributed by atoms with Crippen LogP contribution in [-0.2, 0) is 15.3 Å². The number of rotatable bonds is 10. The Hall–Kier alpha value is -1.03. The molecule has 0 amide bonds. The highest BCUT2D eigenvalue weighted by atomic mass is 32.2. The van der Waals surface area contributed by atoms with E-state index in [0.717, 1.165) is 31.2 Å². The summed E-state index contributed by atoms with van der Waals surface area (Å²) in [6, 6.07) is 5.63. The van der Waals surface area contributed by atoms with E-state index in [1.54, 1.807) is 0 Å². The minimum atomic E-state index is -3.36. The van der Waals surface area contributed by atoms with E-state index in [0.29, 0.717) is 23.7 Å². The molecule has 0 unspecified atom stereocenters. The number of unbranched alkanes of at least 4 members (excludes halogenated alkanes) is 1. The molecule has 23 heavy (non-hydrogen) atoms. The summed E-state index contributed by atoms with van der Waals surface area (Å²) in [6.45, 7) is 12.8. The Balaban J connectivity index is 3.27. The molecule has 0 saturated carbocycles. The molecule has 0 aromatic heterocycles. The van der Waals surface area contributed by atoms with E-state index in [-0.39, 0.29) is 11.2 Å². The van der Waals surface area contributed by atoms with Crippen LogP contribution in [0.15, 0.2) is 23.1 Å². The number of hydrogen-bond acceptors (Lipinski definition) is 3. The van der Waals surface area contributed by atoms with Crippen LogP contribution in [0.3, 0.4) is 0 Å². The molecule has 0 fully saturated rings. The van der Waals surface area contributed by atoms with Gasteiger partial charge in [0.15, 0.2) is 9.84 Å². The molecule has 0 spiro atoms. The van der Waals surface area contributed by atoms with Gasteiger partial charge < -0.3 is 4.74 Å². The molecule has 0 aliphatic rings. The summed E-state index contributed by atoms with van der Waals surface area (Å²) in [4.78, 5) is 0.318. The van der Waals surface area contributed by atoms with Gasteiger partial charge in [-0.3, -0.25) is 0 Å². The van der Waals surface area contributed by atoms with Gasteiger partial charge >= 0.3 is 0 Å². The van der Waals surface area contributed by atoms with Gasteiger partial charge in [0.25, 0.3) is 0 Å². The number of sulfone groups is 1. The summed E-state index contributed by atoms with van der Waals surface area (Å²) in [5, 5.41) is 0. The van der Waals surface area contributed by atoms with Crippen molar-refractivity contribution in [2.45, 2.75) is 70.1 Å². The maximum atomic E-state index is 12.6. The Morgan fingerprint density at radius 2 is 1.87 bits per heavy atom. The second-order valence-corrected chi connectivity index (χ2v) is 8.75. The summed E-state index contributed by atoms with van der Waals surface area (Å²) in [5.41, 5.74) is 0.996. The largest absolute Gasteiger partial charge is 0.492 e. The predicted octanol–water partition coefficient (Wildman–Crippen LogP) is 4.94. The molecular weight excluding hydrogens is 308 g/mol. The number of hydrogen-bond donors (Lipinski definition) is 0. The van der Waals surface area contributed by atoms with Crippen molar-refractivity contribution in [2.24, 2.45) is 0 Å². The monoisotopic (exact) mass is 339 g/mol. The van der Waals surface area contributed by atoms with Gasteiger partial charge in [-0.15, -0.1) is 0 Å². The minimum Gasteiger partial charge on any atom is -0.492 e. The zero-order chi connectivity index (χ0) is 17.5. The molecule has 4 heteroatoms. The Labute approximate surface area is 142 Å². The van der Waals surface area contributed by atoms with Gasteiger partial charge in [0, 0.05) is 0 Å². The van der Waals surface area contributed by atoms with E-state index >= 15 is 0 Å². The number of benzene rings is 1. The van der Waals surface area contributed by atoms with E-state index < -0.39 is 9.84 Å². The zero-order valence-corrected chi connectivity index (χ0v) is 15.8. The summed E-state index contributed by atoms with van der Waals surface area (Å²) in [7, 11) is -3.36. The molecule has 0 N–H and O–H groups in total. The lowest BCUT2D eigenvalue weighted by Crippen LogP contribution is -2.18. The van der Waals surface area contributed by atoms with E-state index in [2.05, 4.69) is 34.6 Å². The van der Waals surface area contributed by atoms with Crippen molar-refractivity contribution in [2.75, 3.05) is 12.4 Å².